The second-order valence-electron chi connectivity index (χ2n) is 5.41. The summed E-state index contributed by atoms with van der Waals surface area (Å²) in [6.07, 6.45) is 3.99. The van der Waals surface area contributed by atoms with E-state index in [0.29, 0.717) is 0 Å². The zero-order valence-corrected chi connectivity index (χ0v) is 12.6. The molecule has 0 amide bonds. The first kappa shape index (κ1) is 18.4. The quantitative estimate of drug-likeness (QED) is 0.369. The van der Waals surface area contributed by atoms with Crippen molar-refractivity contribution in [2.45, 2.75) is 76.2 Å². The Kier molecular flexibility index (Phi) is 8.87. The molecule has 0 spiro atoms. The third-order valence-electron chi connectivity index (χ3n) is 3.63. The van der Waals surface area contributed by atoms with Gasteiger partial charge in [-0.3, -0.25) is 0 Å². The molecule has 1 heterocycles. The summed E-state index contributed by atoms with van der Waals surface area (Å²) in [4.78, 5) is 0. The summed E-state index contributed by atoms with van der Waals surface area (Å²) in [6, 6.07) is 0. The van der Waals surface area contributed by atoms with Gasteiger partial charge in [0.15, 0.2) is 0 Å². The van der Waals surface area contributed by atoms with E-state index in [4.69, 9.17) is 14.6 Å². The highest BCUT2D eigenvalue weighted by molar-refractivity contribution is 4.89. The molecule has 0 saturated carbocycles. The van der Waals surface area contributed by atoms with Gasteiger partial charge in [0.1, 0.15) is 24.4 Å². The van der Waals surface area contributed by atoms with Crippen LogP contribution in [0.25, 0.3) is 0 Å². The van der Waals surface area contributed by atoms with Crippen molar-refractivity contribution < 1.29 is 29.9 Å². The van der Waals surface area contributed by atoms with Gasteiger partial charge < -0.3 is 29.9 Å². The second kappa shape index (κ2) is 10.1. The van der Waals surface area contributed by atoms with Gasteiger partial charge in [0, 0.05) is 0 Å². The molecule has 1 rings (SSSR count). The van der Waals surface area contributed by atoms with Gasteiger partial charge in [0.05, 0.1) is 12.9 Å². The average molecular weight is 304 g/mol. The summed E-state index contributed by atoms with van der Waals surface area (Å²) in [7, 11) is 0. The minimum Gasteiger partial charge on any atom is -0.470 e. The molecular formula is C15H28O6. The number of hydrogen-bond donors (Lipinski definition) is 4. The zero-order chi connectivity index (χ0) is 15.7. The summed E-state index contributed by atoms with van der Waals surface area (Å²) < 4.78 is 10.4. The van der Waals surface area contributed by atoms with Gasteiger partial charge in [-0.05, 0) is 18.9 Å². The van der Waals surface area contributed by atoms with Gasteiger partial charge in [0.25, 0.3) is 0 Å². The maximum absolute atomic E-state index is 9.75. The molecule has 4 N–H and O–H groups in total. The molecule has 1 fully saturated rings. The summed E-state index contributed by atoms with van der Waals surface area (Å²) in [5.74, 6) is 0. The van der Waals surface area contributed by atoms with E-state index in [9.17, 15) is 15.3 Å². The third-order valence-corrected chi connectivity index (χ3v) is 3.63. The lowest BCUT2D eigenvalue weighted by Gasteiger charge is -2.39. The Morgan fingerprint density at radius 2 is 1.71 bits per heavy atom. The van der Waals surface area contributed by atoms with Crippen LogP contribution in [0.1, 0.15) is 45.4 Å². The molecule has 6 nitrogen and oxygen atoms in total. The van der Waals surface area contributed by atoms with Crippen LogP contribution in [0.4, 0.5) is 0 Å². The molecule has 0 aromatic carbocycles. The van der Waals surface area contributed by atoms with Crippen molar-refractivity contribution in [1.82, 2.24) is 0 Å². The van der Waals surface area contributed by atoms with Crippen molar-refractivity contribution in [1.29, 1.82) is 0 Å². The van der Waals surface area contributed by atoms with Gasteiger partial charge >= 0.3 is 0 Å². The number of allylic oxidation sites excluding steroid dienone is 1. The van der Waals surface area contributed by atoms with Crippen LogP contribution in [0.15, 0.2) is 12.3 Å². The van der Waals surface area contributed by atoms with Crippen LogP contribution in [0.2, 0.25) is 0 Å². The number of ether oxygens (including phenoxy) is 2. The van der Waals surface area contributed by atoms with Crippen LogP contribution in [-0.4, -0.2) is 57.7 Å². The van der Waals surface area contributed by atoms with E-state index < -0.39 is 37.3 Å². The number of hydrogen-bond acceptors (Lipinski definition) is 6. The molecule has 1 unspecified atom stereocenters. The monoisotopic (exact) mass is 304 g/mol. The molecule has 0 bridgehead atoms. The van der Waals surface area contributed by atoms with Crippen LogP contribution in [0.5, 0.6) is 0 Å². The lowest BCUT2D eigenvalue weighted by Crippen LogP contribution is -2.58. The Balaban J connectivity index is 2.26. The number of aliphatic hydroxyl groups is 4. The van der Waals surface area contributed by atoms with E-state index in [-0.39, 0.29) is 0 Å². The SMILES string of the molecule is CCCCCCCC=COC1O[C@H](CO)[C@@H](O)[C@H](O)[C@H]1O. The van der Waals surface area contributed by atoms with Crippen molar-refractivity contribution in [2.24, 2.45) is 0 Å². The second-order valence-corrected chi connectivity index (χ2v) is 5.41. The summed E-state index contributed by atoms with van der Waals surface area (Å²) in [5, 5.41) is 38.0. The fraction of sp³-hybridized carbons (Fsp3) is 0.867. The summed E-state index contributed by atoms with van der Waals surface area (Å²) in [5.41, 5.74) is 0. The van der Waals surface area contributed by atoms with E-state index in [2.05, 4.69) is 6.92 Å². The first-order valence-corrected chi connectivity index (χ1v) is 7.72. The molecular weight excluding hydrogens is 276 g/mol. The van der Waals surface area contributed by atoms with Crippen LogP contribution in [-0.2, 0) is 9.47 Å². The Hall–Kier alpha value is -0.660. The number of unbranched alkanes of at least 4 members (excludes halogenated alkanes) is 5. The normalized spacial score (nSPS) is 33.5. The summed E-state index contributed by atoms with van der Waals surface area (Å²) in [6.45, 7) is 1.72. The maximum atomic E-state index is 9.75. The summed E-state index contributed by atoms with van der Waals surface area (Å²) >= 11 is 0. The Morgan fingerprint density at radius 1 is 1.00 bits per heavy atom. The van der Waals surface area contributed by atoms with Crippen molar-refractivity contribution in [3.8, 4) is 0 Å². The smallest absolute Gasteiger partial charge is 0.228 e. The van der Waals surface area contributed by atoms with E-state index in [1.807, 2.05) is 6.08 Å². The van der Waals surface area contributed by atoms with Gasteiger partial charge in [-0.25, -0.2) is 0 Å². The Morgan fingerprint density at radius 3 is 2.38 bits per heavy atom. The molecule has 1 aliphatic heterocycles. The lowest BCUT2D eigenvalue weighted by molar-refractivity contribution is -0.287. The average Bonchev–Trinajstić information content (AvgIpc) is 2.49. The highest BCUT2D eigenvalue weighted by Crippen LogP contribution is 2.22. The first-order valence-electron chi connectivity index (χ1n) is 7.72. The van der Waals surface area contributed by atoms with Crippen molar-refractivity contribution >= 4 is 0 Å². The van der Waals surface area contributed by atoms with Gasteiger partial charge in [-0.1, -0.05) is 32.6 Å². The fourth-order valence-corrected chi connectivity index (χ4v) is 2.25. The first-order chi connectivity index (χ1) is 10.1. The highest BCUT2D eigenvalue weighted by Gasteiger charge is 2.44. The van der Waals surface area contributed by atoms with Crippen LogP contribution < -0.4 is 0 Å². The highest BCUT2D eigenvalue weighted by atomic mass is 16.7. The van der Waals surface area contributed by atoms with Crippen molar-refractivity contribution in [2.75, 3.05) is 6.61 Å². The van der Waals surface area contributed by atoms with Gasteiger partial charge in [-0.2, -0.15) is 0 Å². The molecule has 0 aliphatic carbocycles. The molecule has 6 heteroatoms. The minimum absolute atomic E-state index is 0.452. The lowest BCUT2D eigenvalue weighted by atomic mass is 9.99. The molecule has 0 aromatic heterocycles. The molecule has 21 heavy (non-hydrogen) atoms. The Bertz CT molecular complexity index is 294. The minimum atomic E-state index is -1.40. The van der Waals surface area contributed by atoms with Gasteiger partial charge in [-0.15, -0.1) is 0 Å². The Labute approximate surface area is 126 Å². The number of rotatable bonds is 9. The van der Waals surface area contributed by atoms with E-state index >= 15 is 0 Å². The predicted molar refractivity (Wildman–Crippen MR) is 77.4 cm³/mol. The van der Waals surface area contributed by atoms with E-state index in [0.717, 1.165) is 12.8 Å². The third kappa shape index (κ3) is 5.92. The number of aliphatic hydroxyl groups excluding tert-OH is 4. The largest absolute Gasteiger partial charge is 0.470 e. The van der Waals surface area contributed by atoms with Gasteiger partial charge in [0.2, 0.25) is 6.29 Å². The van der Waals surface area contributed by atoms with Crippen molar-refractivity contribution in [3.63, 3.8) is 0 Å². The van der Waals surface area contributed by atoms with Crippen molar-refractivity contribution in [3.05, 3.63) is 12.3 Å². The standard InChI is InChI=1S/C15H28O6/c1-2-3-4-5-6-7-8-9-20-15-14(19)13(18)12(17)11(10-16)21-15/h8-9,11-19H,2-7,10H2,1H3/t11-,12-,13+,14-,15?/m1/s1. The molecule has 0 radical (unpaired) electrons. The molecule has 1 saturated heterocycles. The molecule has 1 aliphatic rings. The van der Waals surface area contributed by atoms with E-state index in [1.165, 1.54) is 31.9 Å². The zero-order valence-electron chi connectivity index (χ0n) is 12.6. The fourth-order valence-electron chi connectivity index (χ4n) is 2.25. The van der Waals surface area contributed by atoms with Crippen LogP contribution >= 0.6 is 0 Å². The molecule has 5 atom stereocenters. The predicted octanol–water partition coefficient (Wildman–Crippen LogP) is 0.677. The molecule has 124 valence electrons. The van der Waals surface area contributed by atoms with E-state index in [1.54, 1.807) is 0 Å². The van der Waals surface area contributed by atoms with Crippen LogP contribution in [0, 0.1) is 0 Å². The topological polar surface area (TPSA) is 99.4 Å². The van der Waals surface area contributed by atoms with Crippen LogP contribution in [0.3, 0.4) is 0 Å². The maximum Gasteiger partial charge on any atom is 0.228 e. The molecule has 0 aromatic rings.